The Labute approximate surface area is 93.8 Å². The number of Topliss-reactive ketones (excluding diaryl/α,β-unsaturated/α-hetero) is 2. The normalized spacial score (nSPS) is 75.2. The van der Waals surface area contributed by atoms with Crippen LogP contribution in [0.3, 0.4) is 0 Å². The SMILES string of the molecule is O=C1C2CC3C(=O)C4C5CC6C(C15)C2C3C64. The summed E-state index contributed by atoms with van der Waals surface area (Å²) in [5.74, 6) is 6.62. The summed E-state index contributed by atoms with van der Waals surface area (Å²) in [5.41, 5.74) is 0. The highest BCUT2D eigenvalue weighted by atomic mass is 16.1. The van der Waals surface area contributed by atoms with Crippen molar-refractivity contribution in [2.45, 2.75) is 12.8 Å². The van der Waals surface area contributed by atoms with Gasteiger partial charge in [-0.15, -0.1) is 0 Å². The van der Waals surface area contributed by atoms with Crippen molar-refractivity contribution in [2.75, 3.05) is 0 Å². The molecule has 0 N–H and O–H groups in total. The third-order valence-electron chi connectivity index (χ3n) is 7.44. The van der Waals surface area contributed by atoms with Gasteiger partial charge in [0.05, 0.1) is 0 Å². The van der Waals surface area contributed by atoms with Crippen molar-refractivity contribution >= 4 is 11.6 Å². The van der Waals surface area contributed by atoms with Crippen LogP contribution in [0.4, 0.5) is 0 Å². The lowest BCUT2D eigenvalue weighted by atomic mass is 9.72. The molecule has 0 radical (unpaired) electrons. The predicted molar refractivity (Wildman–Crippen MR) is 54.1 cm³/mol. The van der Waals surface area contributed by atoms with Gasteiger partial charge in [0.2, 0.25) is 0 Å². The molecule has 0 aromatic heterocycles. The molecule has 8 atom stereocenters. The summed E-state index contributed by atoms with van der Waals surface area (Å²) in [4.78, 5) is 24.9. The van der Waals surface area contributed by atoms with Crippen molar-refractivity contribution in [3.05, 3.63) is 0 Å². The van der Waals surface area contributed by atoms with Crippen molar-refractivity contribution in [3.8, 4) is 0 Å². The third-order valence-corrected chi connectivity index (χ3v) is 7.44. The van der Waals surface area contributed by atoms with Gasteiger partial charge in [-0.3, -0.25) is 9.59 Å². The Balaban J connectivity index is 1.75. The van der Waals surface area contributed by atoms with Gasteiger partial charge in [-0.25, -0.2) is 0 Å². The molecule has 0 aromatic carbocycles. The Morgan fingerprint density at radius 2 is 1.25 bits per heavy atom. The van der Waals surface area contributed by atoms with Crippen molar-refractivity contribution in [2.24, 2.45) is 59.2 Å². The maximum absolute atomic E-state index is 12.4. The van der Waals surface area contributed by atoms with Crippen molar-refractivity contribution in [1.82, 2.24) is 0 Å². The Morgan fingerprint density at radius 1 is 0.688 bits per heavy atom. The third kappa shape index (κ3) is 0.448. The van der Waals surface area contributed by atoms with E-state index in [9.17, 15) is 9.59 Å². The zero-order valence-electron chi connectivity index (χ0n) is 9.00. The lowest BCUT2D eigenvalue weighted by molar-refractivity contribution is -0.133. The van der Waals surface area contributed by atoms with E-state index in [1.165, 1.54) is 6.42 Å². The zero-order valence-corrected chi connectivity index (χ0v) is 9.00. The van der Waals surface area contributed by atoms with Gasteiger partial charge in [-0.05, 0) is 48.3 Å². The first kappa shape index (κ1) is 7.62. The number of hydrogen-bond acceptors (Lipinski definition) is 2. The molecule has 82 valence electrons. The Bertz CT molecular complexity index is 441. The van der Waals surface area contributed by atoms with Crippen LogP contribution in [0.25, 0.3) is 0 Å². The van der Waals surface area contributed by atoms with E-state index in [1.807, 2.05) is 0 Å². The van der Waals surface area contributed by atoms with Gasteiger partial charge in [-0.2, -0.15) is 0 Å². The van der Waals surface area contributed by atoms with Crippen LogP contribution >= 0.6 is 0 Å². The Kier molecular flexibility index (Phi) is 0.872. The molecule has 6 saturated carbocycles. The number of carbonyl (C=O) groups is 2. The monoisotopic (exact) mass is 214 g/mol. The van der Waals surface area contributed by atoms with E-state index >= 15 is 0 Å². The van der Waals surface area contributed by atoms with Crippen LogP contribution < -0.4 is 0 Å². The summed E-state index contributed by atoms with van der Waals surface area (Å²) >= 11 is 0. The van der Waals surface area contributed by atoms with Crippen LogP contribution in [0.15, 0.2) is 0 Å². The molecular formula is C14H14O2. The summed E-state index contributed by atoms with van der Waals surface area (Å²) in [6, 6.07) is 0. The largest absolute Gasteiger partial charge is 0.299 e. The number of hydrogen-bond donors (Lipinski definition) is 0. The smallest absolute Gasteiger partial charge is 0.139 e. The minimum atomic E-state index is 0.325. The minimum absolute atomic E-state index is 0.325. The second kappa shape index (κ2) is 1.83. The second-order valence-corrected chi connectivity index (χ2v) is 7.18. The van der Waals surface area contributed by atoms with Crippen molar-refractivity contribution in [1.29, 1.82) is 0 Å². The maximum Gasteiger partial charge on any atom is 0.139 e. The molecule has 6 aliphatic carbocycles. The first-order chi connectivity index (χ1) is 7.79. The summed E-state index contributed by atoms with van der Waals surface area (Å²) in [5, 5.41) is 0. The fraction of sp³-hybridized carbons (Fsp3) is 0.857. The molecule has 16 heavy (non-hydrogen) atoms. The fourth-order valence-electron chi connectivity index (χ4n) is 7.64. The fourth-order valence-corrected chi connectivity index (χ4v) is 7.64. The molecule has 2 heteroatoms. The molecule has 8 unspecified atom stereocenters. The summed E-state index contributed by atoms with van der Waals surface area (Å²) in [6.45, 7) is 0. The summed E-state index contributed by atoms with van der Waals surface area (Å²) in [6.07, 6.45) is 2.18. The molecular weight excluding hydrogens is 200 g/mol. The topological polar surface area (TPSA) is 34.1 Å². The van der Waals surface area contributed by atoms with Gasteiger partial charge in [0.25, 0.3) is 0 Å². The van der Waals surface area contributed by atoms with Crippen LogP contribution in [-0.2, 0) is 9.59 Å². The lowest BCUT2D eigenvalue weighted by Gasteiger charge is -2.30. The molecule has 6 fully saturated rings. The van der Waals surface area contributed by atoms with Crippen molar-refractivity contribution < 1.29 is 9.59 Å². The van der Waals surface area contributed by atoms with Crippen LogP contribution in [-0.4, -0.2) is 11.6 Å². The molecule has 0 heterocycles. The lowest BCUT2D eigenvalue weighted by Crippen LogP contribution is -2.36. The number of fused-ring (bicyclic) bond motifs is 3. The van der Waals surface area contributed by atoms with Crippen LogP contribution in [0.5, 0.6) is 0 Å². The van der Waals surface area contributed by atoms with Gasteiger partial charge in [0, 0.05) is 23.7 Å². The number of rotatable bonds is 0. The minimum Gasteiger partial charge on any atom is -0.299 e. The molecule has 6 rings (SSSR count). The van der Waals surface area contributed by atoms with E-state index in [0.29, 0.717) is 53.0 Å². The Hall–Kier alpha value is -0.660. The second-order valence-electron chi connectivity index (χ2n) is 7.18. The molecule has 0 amide bonds. The average Bonchev–Trinajstić information content (AvgIpc) is 2.92. The van der Waals surface area contributed by atoms with E-state index in [1.54, 1.807) is 0 Å². The van der Waals surface area contributed by atoms with E-state index < -0.39 is 0 Å². The van der Waals surface area contributed by atoms with Gasteiger partial charge < -0.3 is 0 Å². The average molecular weight is 214 g/mol. The van der Waals surface area contributed by atoms with Gasteiger partial charge in [0.1, 0.15) is 11.6 Å². The number of carbonyl (C=O) groups excluding carboxylic acids is 2. The summed E-state index contributed by atoms with van der Waals surface area (Å²) < 4.78 is 0. The predicted octanol–water partition coefficient (Wildman–Crippen LogP) is 1.15. The van der Waals surface area contributed by atoms with E-state index in [0.717, 1.165) is 24.2 Å². The molecule has 0 saturated heterocycles. The van der Waals surface area contributed by atoms with E-state index in [4.69, 9.17) is 0 Å². The molecule has 6 aliphatic rings. The quantitative estimate of drug-likeness (QED) is 0.606. The first-order valence-corrected chi connectivity index (χ1v) is 6.86. The first-order valence-electron chi connectivity index (χ1n) is 6.86. The van der Waals surface area contributed by atoms with Gasteiger partial charge in [0.15, 0.2) is 0 Å². The molecule has 0 aromatic rings. The highest BCUT2D eigenvalue weighted by molar-refractivity contribution is 5.97. The van der Waals surface area contributed by atoms with Crippen LogP contribution in [0.2, 0.25) is 0 Å². The van der Waals surface area contributed by atoms with Crippen molar-refractivity contribution in [3.63, 3.8) is 0 Å². The molecule has 0 spiro atoms. The maximum atomic E-state index is 12.4. The van der Waals surface area contributed by atoms with E-state index in [2.05, 4.69) is 0 Å². The molecule has 0 aliphatic heterocycles. The van der Waals surface area contributed by atoms with Gasteiger partial charge >= 0.3 is 0 Å². The standard InChI is InChI=1S/C14H14O2/c15-13-5-2-6-10-8-3-1-4(12(8)14(6)16)11(13)7(3)9(5)10/h3-12H,1-2H2. The molecule has 2 nitrogen and oxygen atoms in total. The summed E-state index contributed by atoms with van der Waals surface area (Å²) in [7, 11) is 0. The van der Waals surface area contributed by atoms with Gasteiger partial charge in [-0.1, -0.05) is 0 Å². The zero-order chi connectivity index (χ0) is 10.3. The van der Waals surface area contributed by atoms with Crippen LogP contribution in [0.1, 0.15) is 12.8 Å². The van der Waals surface area contributed by atoms with Crippen LogP contribution in [0, 0.1) is 59.2 Å². The number of ketones is 2. The molecule has 2 bridgehead atoms. The highest BCUT2D eigenvalue weighted by Crippen LogP contribution is 2.81. The highest BCUT2D eigenvalue weighted by Gasteiger charge is 2.82. The van der Waals surface area contributed by atoms with E-state index in [-0.39, 0.29) is 0 Å². The Morgan fingerprint density at radius 3 is 1.81 bits per heavy atom.